The largest absolute Gasteiger partial charge is 0.494 e. The molecule has 1 N–H and O–H groups in total. The van der Waals surface area contributed by atoms with E-state index in [0.717, 1.165) is 5.56 Å². The molecule has 1 aromatic carbocycles. The van der Waals surface area contributed by atoms with Crippen LogP contribution in [0.2, 0.25) is 0 Å². The molecule has 1 aromatic rings. The highest BCUT2D eigenvalue weighted by Gasteiger charge is 2.39. The number of amides is 1. The summed E-state index contributed by atoms with van der Waals surface area (Å²) in [6, 6.07) is 4.71. The Kier molecular flexibility index (Phi) is 6.05. The summed E-state index contributed by atoms with van der Waals surface area (Å²) in [5.74, 6) is -0.409. The number of rotatable bonds is 7. The average Bonchev–Trinajstić information content (AvgIpc) is 2.79. The molecule has 0 spiro atoms. The maximum atomic E-state index is 13.8. The molecule has 6 nitrogen and oxygen atoms in total. The third kappa shape index (κ3) is 5.40. The van der Waals surface area contributed by atoms with Crippen LogP contribution in [-0.4, -0.2) is 56.5 Å². The van der Waals surface area contributed by atoms with Crippen LogP contribution >= 0.6 is 0 Å². The number of hydrogen-bond donors (Lipinski definition) is 1. The topological polar surface area (TPSA) is 75.7 Å². The number of likely N-dealkylation sites (N-methyl/N-ethyl adjacent to an activating group) is 1. The Labute approximate surface area is 148 Å². The van der Waals surface area contributed by atoms with Crippen molar-refractivity contribution in [2.45, 2.75) is 32.4 Å². The van der Waals surface area contributed by atoms with Crippen LogP contribution in [0.4, 0.5) is 4.39 Å². The number of carbonyl (C=O) groups is 1. The van der Waals surface area contributed by atoms with Gasteiger partial charge in [0.05, 0.1) is 30.7 Å². The van der Waals surface area contributed by atoms with Crippen LogP contribution in [0.3, 0.4) is 0 Å². The van der Waals surface area contributed by atoms with E-state index >= 15 is 0 Å². The first-order valence-corrected chi connectivity index (χ1v) is 10.0. The molecule has 0 aromatic heterocycles. The first-order valence-electron chi connectivity index (χ1n) is 8.22. The van der Waals surface area contributed by atoms with Gasteiger partial charge in [0.25, 0.3) is 0 Å². The number of ether oxygens (including phenoxy) is 1. The second-order valence-corrected chi connectivity index (χ2v) is 8.91. The van der Waals surface area contributed by atoms with Crippen LogP contribution in [0.1, 0.15) is 25.8 Å². The summed E-state index contributed by atoms with van der Waals surface area (Å²) in [6.07, 6.45) is 0.427. The molecule has 140 valence electrons. The van der Waals surface area contributed by atoms with Crippen molar-refractivity contribution in [3.8, 4) is 5.75 Å². The van der Waals surface area contributed by atoms with Gasteiger partial charge in [0.15, 0.2) is 21.4 Å². The number of nitrogens with zero attached hydrogens (tertiary/aromatic N) is 1. The summed E-state index contributed by atoms with van der Waals surface area (Å²) in [7, 11) is -1.67. The molecule has 0 radical (unpaired) electrons. The van der Waals surface area contributed by atoms with Gasteiger partial charge in [-0.1, -0.05) is 13.0 Å². The van der Waals surface area contributed by atoms with Crippen molar-refractivity contribution >= 4 is 15.7 Å². The van der Waals surface area contributed by atoms with E-state index in [4.69, 9.17) is 4.74 Å². The summed E-state index contributed by atoms with van der Waals surface area (Å²) in [5.41, 5.74) is 0.0317. The van der Waals surface area contributed by atoms with Crippen LogP contribution in [-0.2, 0) is 21.2 Å². The molecule has 8 heteroatoms. The van der Waals surface area contributed by atoms with Crippen molar-refractivity contribution in [1.82, 2.24) is 10.2 Å². The zero-order chi connectivity index (χ0) is 18.7. The molecular weight excluding hydrogens is 347 g/mol. The number of nitrogens with one attached hydrogen (secondary N) is 1. The highest BCUT2D eigenvalue weighted by Crippen LogP contribution is 2.23. The number of benzene rings is 1. The fourth-order valence-corrected chi connectivity index (χ4v) is 5.13. The second kappa shape index (κ2) is 7.70. The summed E-state index contributed by atoms with van der Waals surface area (Å²) in [4.78, 5) is 14.2. The number of halogens is 1. The van der Waals surface area contributed by atoms with Gasteiger partial charge in [-0.05, 0) is 37.6 Å². The molecular formula is C17H25FN2O4S. The van der Waals surface area contributed by atoms with Gasteiger partial charge in [0.1, 0.15) is 0 Å². The van der Waals surface area contributed by atoms with Crippen molar-refractivity contribution in [3.05, 3.63) is 29.6 Å². The van der Waals surface area contributed by atoms with Crippen LogP contribution in [0.25, 0.3) is 0 Å². The van der Waals surface area contributed by atoms with Gasteiger partial charge < -0.3 is 10.1 Å². The summed E-state index contributed by atoms with van der Waals surface area (Å²) >= 11 is 0. The Morgan fingerprint density at radius 2 is 2.16 bits per heavy atom. The molecule has 0 aliphatic carbocycles. The third-order valence-electron chi connectivity index (χ3n) is 4.38. The van der Waals surface area contributed by atoms with E-state index in [-0.39, 0.29) is 29.7 Å². The lowest BCUT2D eigenvalue weighted by molar-refractivity contribution is -0.123. The maximum absolute atomic E-state index is 13.8. The number of hydrogen-bond acceptors (Lipinski definition) is 5. The molecule has 1 amide bonds. The highest BCUT2D eigenvalue weighted by atomic mass is 32.2. The van der Waals surface area contributed by atoms with E-state index in [2.05, 4.69) is 5.32 Å². The SMILES string of the molecule is CCN(CC(=O)N[C@]1(C)CCS(=O)(=O)C1)Cc1ccc(OC)c(F)c1. The van der Waals surface area contributed by atoms with E-state index in [1.54, 1.807) is 19.1 Å². The Bertz CT molecular complexity index is 738. The van der Waals surface area contributed by atoms with E-state index < -0.39 is 21.2 Å². The molecule has 0 unspecified atom stereocenters. The van der Waals surface area contributed by atoms with E-state index in [1.165, 1.54) is 13.2 Å². The molecule has 1 heterocycles. The van der Waals surface area contributed by atoms with Crippen LogP contribution in [0.5, 0.6) is 5.75 Å². The van der Waals surface area contributed by atoms with E-state index in [9.17, 15) is 17.6 Å². The standard InChI is InChI=1S/C17H25FN2O4S/c1-4-20(10-13-5-6-15(24-3)14(18)9-13)11-16(21)19-17(2)7-8-25(22,23)12-17/h5-6,9H,4,7-8,10-12H2,1-3H3,(H,19,21)/t17-/m1/s1. The van der Waals surface area contributed by atoms with Gasteiger partial charge in [0.2, 0.25) is 5.91 Å². The molecule has 2 rings (SSSR count). The lowest BCUT2D eigenvalue weighted by Gasteiger charge is -2.26. The molecule has 1 aliphatic rings. The Morgan fingerprint density at radius 1 is 1.44 bits per heavy atom. The maximum Gasteiger partial charge on any atom is 0.234 e. The van der Waals surface area contributed by atoms with E-state index in [0.29, 0.717) is 19.5 Å². The summed E-state index contributed by atoms with van der Waals surface area (Å²) < 4.78 is 41.9. The van der Waals surface area contributed by atoms with Gasteiger partial charge in [-0.3, -0.25) is 9.69 Å². The molecule has 1 aliphatic heterocycles. The predicted octanol–water partition coefficient (Wildman–Crippen LogP) is 1.35. The van der Waals surface area contributed by atoms with Crippen LogP contribution in [0.15, 0.2) is 18.2 Å². The molecule has 25 heavy (non-hydrogen) atoms. The molecule has 0 bridgehead atoms. The molecule has 1 atom stereocenters. The number of sulfone groups is 1. The van der Waals surface area contributed by atoms with Crippen molar-refractivity contribution in [2.75, 3.05) is 31.7 Å². The lowest BCUT2D eigenvalue weighted by Crippen LogP contribution is -2.50. The van der Waals surface area contributed by atoms with Gasteiger partial charge in [0, 0.05) is 6.54 Å². The van der Waals surface area contributed by atoms with Gasteiger partial charge in [-0.25, -0.2) is 12.8 Å². The first kappa shape index (κ1) is 19.7. The van der Waals surface area contributed by atoms with Gasteiger partial charge in [-0.15, -0.1) is 0 Å². The molecule has 1 fully saturated rings. The van der Waals surface area contributed by atoms with Gasteiger partial charge >= 0.3 is 0 Å². The van der Waals surface area contributed by atoms with Crippen LogP contribution < -0.4 is 10.1 Å². The Morgan fingerprint density at radius 3 is 2.68 bits per heavy atom. The average molecular weight is 372 g/mol. The summed E-state index contributed by atoms with van der Waals surface area (Å²) in [5, 5.41) is 2.84. The zero-order valence-corrected chi connectivity index (χ0v) is 15.7. The second-order valence-electron chi connectivity index (χ2n) is 6.72. The first-order chi connectivity index (χ1) is 11.7. The minimum absolute atomic E-state index is 0.0262. The monoisotopic (exact) mass is 372 g/mol. The Balaban J connectivity index is 1.95. The molecule has 1 saturated heterocycles. The fourth-order valence-electron chi connectivity index (χ4n) is 3.03. The quantitative estimate of drug-likeness (QED) is 0.782. The predicted molar refractivity (Wildman–Crippen MR) is 93.7 cm³/mol. The normalized spacial score (nSPS) is 22.1. The summed E-state index contributed by atoms with van der Waals surface area (Å²) in [6.45, 7) is 4.81. The van der Waals surface area contributed by atoms with Crippen molar-refractivity contribution in [3.63, 3.8) is 0 Å². The minimum atomic E-state index is -3.08. The van der Waals surface area contributed by atoms with Crippen molar-refractivity contribution < 1.29 is 22.3 Å². The smallest absolute Gasteiger partial charge is 0.234 e. The zero-order valence-electron chi connectivity index (χ0n) is 14.8. The van der Waals surface area contributed by atoms with Gasteiger partial charge in [-0.2, -0.15) is 0 Å². The fraction of sp³-hybridized carbons (Fsp3) is 0.588. The Hall–Kier alpha value is -1.67. The molecule has 0 saturated carbocycles. The minimum Gasteiger partial charge on any atom is -0.494 e. The third-order valence-corrected chi connectivity index (χ3v) is 6.28. The number of carbonyl (C=O) groups excluding carboxylic acids is 1. The number of methoxy groups -OCH3 is 1. The highest BCUT2D eigenvalue weighted by molar-refractivity contribution is 7.91. The van der Waals surface area contributed by atoms with Crippen LogP contribution in [0, 0.1) is 5.82 Å². The van der Waals surface area contributed by atoms with Crippen molar-refractivity contribution in [1.29, 1.82) is 0 Å². The van der Waals surface area contributed by atoms with Crippen molar-refractivity contribution in [2.24, 2.45) is 0 Å². The lowest BCUT2D eigenvalue weighted by atomic mass is 10.0. The van der Waals surface area contributed by atoms with E-state index in [1.807, 2.05) is 11.8 Å².